The largest absolute Gasteiger partial charge is 0.450 e. The first kappa shape index (κ1) is 14.5. The van der Waals surface area contributed by atoms with Gasteiger partial charge in [0.2, 0.25) is 5.95 Å². The smallest absolute Gasteiger partial charge is 0.339 e. The van der Waals surface area contributed by atoms with Crippen LogP contribution in [0, 0.1) is 6.92 Å². The average Bonchev–Trinajstić information content (AvgIpc) is 3.16. The van der Waals surface area contributed by atoms with E-state index in [-0.39, 0.29) is 5.97 Å². The zero-order valence-electron chi connectivity index (χ0n) is 14.1. The molecule has 1 N–H and O–H groups in total. The molecule has 2 aliphatic rings. The first-order valence-corrected chi connectivity index (χ1v) is 8.69. The van der Waals surface area contributed by atoms with E-state index in [0.717, 1.165) is 54.0 Å². The van der Waals surface area contributed by atoms with Crippen LogP contribution in [0.3, 0.4) is 0 Å². The van der Waals surface area contributed by atoms with E-state index in [1.165, 1.54) is 5.56 Å². The third-order valence-corrected chi connectivity index (χ3v) is 5.42. The molecule has 1 aromatic heterocycles. The molecule has 0 amide bonds. The van der Waals surface area contributed by atoms with Crippen LogP contribution in [0.4, 0.5) is 5.95 Å². The number of imidazole rings is 1. The van der Waals surface area contributed by atoms with Gasteiger partial charge in [-0.05, 0) is 30.7 Å². The highest BCUT2D eigenvalue weighted by Gasteiger charge is 2.47. The van der Waals surface area contributed by atoms with Crippen LogP contribution in [0.5, 0.6) is 0 Å². The van der Waals surface area contributed by atoms with Crippen molar-refractivity contribution in [2.24, 2.45) is 0 Å². The Balaban J connectivity index is 1.42. The zero-order chi connectivity index (χ0) is 17.0. The van der Waals surface area contributed by atoms with Crippen molar-refractivity contribution in [2.75, 3.05) is 18.0 Å². The molecule has 126 valence electrons. The molecule has 0 bridgehead atoms. The van der Waals surface area contributed by atoms with Gasteiger partial charge in [0.15, 0.2) is 0 Å². The third kappa shape index (κ3) is 2.15. The fourth-order valence-electron chi connectivity index (χ4n) is 4.06. The quantitative estimate of drug-likeness (QED) is 0.692. The van der Waals surface area contributed by atoms with Gasteiger partial charge < -0.3 is 14.6 Å². The fourth-order valence-corrected chi connectivity index (χ4v) is 4.06. The number of aryl methyl sites for hydroxylation is 1. The molecule has 3 heterocycles. The van der Waals surface area contributed by atoms with Gasteiger partial charge in [-0.3, -0.25) is 0 Å². The number of rotatable bonds is 1. The summed E-state index contributed by atoms with van der Waals surface area (Å²) < 4.78 is 5.82. The van der Waals surface area contributed by atoms with Crippen molar-refractivity contribution in [2.45, 2.75) is 25.4 Å². The topological polar surface area (TPSA) is 58.2 Å². The minimum atomic E-state index is -0.465. The molecule has 3 aromatic rings. The molecule has 5 rings (SSSR count). The Morgan fingerprint density at radius 3 is 2.80 bits per heavy atom. The van der Waals surface area contributed by atoms with Gasteiger partial charge in [0, 0.05) is 31.5 Å². The lowest BCUT2D eigenvalue weighted by Gasteiger charge is -2.38. The van der Waals surface area contributed by atoms with E-state index in [1.807, 2.05) is 30.3 Å². The van der Waals surface area contributed by atoms with Gasteiger partial charge >= 0.3 is 5.97 Å². The number of nitrogens with zero attached hydrogens (tertiary/aromatic N) is 2. The highest BCUT2D eigenvalue weighted by atomic mass is 16.6. The Kier molecular flexibility index (Phi) is 2.95. The standard InChI is InChI=1S/C20H19N3O2/c1-13-6-7-16-17(12-13)22-19(21-16)23-10-8-20(9-11-23)15-5-3-2-4-14(15)18(24)25-20/h2-7,12H,8-11H2,1H3,(H,21,22). The van der Waals surface area contributed by atoms with Crippen LogP contribution in [-0.4, -0.2) is 29.0 Å². The first-order chi connectivity index (χ1) is 12.1. The van der Waals surface area contributed by atoms with Crippen LogP contribution in [-0.2, 0) is 10.3 Å². The van der Waals surface area contributed by atoms with Crippen LogP contribution in [0.2, 0.25) is 0 Å². The Morgan fingerprint density at radius 1 is 1.16 bits per heavy atom. The number of carbonyl (C=O) groups excluding carboxylic acids is 1. The summed E-state index contributed by atoms with van der Waals surface area (Å²) in [4.78, 5) is 22.6. The molecule has 5 heteroatoms. The molecule has 0 saturated carbocycles. The Bertz CT molecular complexity index is 984. The monoisotopic (exact) mass is 333 g/mol. The lowest BCUT2D eigenvalue weighted by molar-refractivity contribution is -0.0211. The number of hydrogen-bond acceptors (Lipinski definition) is 4. The van der Waals surface area contributed by atoms with Crippen LogP contribution in [0.25, 0.3) is 11.0 Å². The number of carbonyl (C=O) groups is 1. The van der Waals surface area contributed by atoms with Gasteiger partial charge in [-0.25, -0.2) is 9.78 Å². The molecule has 1 spiro atoms. The molecule has 5 nitrogen and oxygen atoms in total. The second kappa shape index (κ2) is 5.09. The number of nitrogens with one attached hydrogen (secondary N) is 1. The molecular formula is C20H19N3O2. The summed E-state index contributed by atoms with van der Waals surface area (Å²) in [6.45, 7) is 3.69. The average molecular weight is 333 g/mol. The number of esters is 1. The van der Waals surface area contributed by atoms with Gasteiger partial charge in [0.1, 0.15) is 5.60 Å². The SMILES string of the molecule is Cc1ccc2nc(N3CCC4(CC3)OC(=O)c3ccccc34)[nH]c2c1. The predicted molar refractivity (Wildman–Crippen MR) is 95.8 cm³/mol. The maximum Gasteiger partial charge on any atom is 0.339 e. The second-order valence-corrected chi connectivity index (χ2v) is 7.00. The van der Waals surface area contributed by atoms with Crippen molar-refractivity contribution in [3.8, 4) is 0 Å². The lowest BCUT2D eigenvalue weighted by atomic mass is 9.84. The molecule has 0 atom stereocenters. The highest BCUT2D eigenvalue weighted by Crippen LogP contribution is 2.44. The number of aromatic nitrogens is 2. The minimum Gasteiger partial charge on any atom is -0.450 e. The summed E-state index contributed by atoms with van der Waals surface area (Å²) in [5.74, 6) is 0.705. The molecule has 0 aliphatic carbocycles. The van der Waals surface area contributed by atoms with Crippen LogP contribution < -0.4 is 4.90 Å². The Labute approximate surface area is 145 Å². The van der Waals surface area contributed by atoms with Gasteiger partial charge in [-0.15, -0.1) is 0 Å². The molecule has 2 aromatic carbocycles. The van der Waals surface area contributed by atoms with Gasteiger partial charge in [-0.2, -0.15) is 0 Å². The minimum absolute atomic E-state index is 0.191. The third-order valence-electron chi connectivity index (χ3n) is 5.42. The summed E-state index contributed by atoms with van der Waals surface area (Å²) in [5.41, 5.74) is 4.56. The van der Waals surface area contributed by atoms with Crippen LogP contribution >= 0.6 is 0 Å². The second-order valence-electron chi connectivity index (χ2n) is 7.00. The number of benzene rings is 2. The van der Waals surface area contributed by atoms with Gasteiger partial charge in [-0.1, -0.05) is 24.3 Å². The predicted octanol–water partition coefficient (Wildman–Crippen LogP) is 3.54. The normalized spacial score (nSPS) is 18.6. The maximum atomic E-state index is 12.2. The maximum absolute atomic E-state index is 12.2. The summed E-state index contributed by atoms with van der Waals surface area (Å²) in [5, 5.41) is 0. The van der Waals surface area contributed by atoms with Crippen molar-refractivity contribution >= 4 is 23.0 Å². The van der Waals surface area contributed by atoms with E-state index >= 15 is 0 Å². The fraction of sp³-hybridized carbons (Fsp3) is 0.300. The molecular weight excluding hydrogens is 314 g/mol. The molecule has 0 radical (unpaired) electrons. The number of anilines is 1. The highest BCUT2D eigenvalue weighted by molar-refractivity contribution is 5.94. The summed E-state index contributed by atoms with van der Waals surface area (Å²) in [7, 11) is 0. The Hall–Kier alpha value is -2.82. The summed E-state index contributed by atoms with van der Waals surface area (Å²) in [6.07, 6.45) is 1.57. The van der Waals surface area contributed by atoms with Gasteiger partial charge in [0.05, 0.1) is 16.6 Å². The number of fused-ring (bicyclic) bond motifs is 3. The van der Waals surface area contributed by atoms with E-state index < -0.39 is 5.60 Å². The number of hydrogen-bond donors (Lipinski definition) is 1. The zero-order valence-corrected chi connectivity index (χ0v) is 14.1. The van der Waals surface area contributed by atoms with E-state index in [2.05, 4.69) is 28.9 Å². The van der Waals surface area contributed by atoms with Gasteiger partial charge in [0.25, 0.3) is 0 Å². The van der Waals surface area contributed by atoms with Crippen LogP contribution in [0.1, 0.15) is 34.3 Å². The molecule has 0 unspecified atom stereocenters. The van der Waals surface area contributed by atoms with E-state index in [0.29, 0.717) is 0 Å². The van der Waals surface area contributed by atoms with E-state index in [4.69, 9.17) is 9.72 Å². The van der Waals surface area contributed by atoms with E-state index in [1.54, 1.807) is 0 Å². The van der Waals surface area contributed by atoms with Crippen molar-refractivity contribution in [1.29, 1.82) is 0 Å². The number of piperidine rings is 1. The molecule has 1 fully saturated rings. The molecule has 1 saturated heterocycles. The number of ether oxygens (including phenoxy) is 1. The van der Waals surface area contributed by atoms with Crippen molar-refractivity contribution in [3.05, 3.63) is 59.2 Å². The number of aromatic amines is 1. The lowest BCUT2D eigenvalue weighted by Crippen LogP contribution is -2.43. The van der Waals surface area contributed by atoms with Crippen molar-refractivity contribution in [1.82, 2.24) is 9.97 Å². The Morgan fingerprint density at radius 2 is 1.96 bits per heavy atom. The van der Waals surface area contributed by atoms with E-state index in [9.17, 15) is 4.79 Å². The van der Waals surface area contributed by atoms with Crippen LogP contribution in [0.15, 0.2) is 42.5 Å². The number of H-pyrrole nitrogens is 1. The van der Waals surface area contributed by atoms with Crippen molar-refractivity contribution in [3.63, 3.8) is 0 Å². The summed E-state index contributed by atoms with van der Waals surface area (Å²) >= 11 is 0. The van der Waals surface area contributed by atoms with Crippen molar-refractivity contribution < 1.29 is 9.53 Å². The molecule has 2 aliphatic heterocycles. The first-order valence-electron chi connectivity index (χ1n) is 8.69. The summed E-state index contributed by atoms with van der Waals surface area (Å²) in [6, 6.07) is 14.0. The molecule has 25 heavy (non-hydrogen) atoms.